The van der Waals surface area contributed by atoms with Crippen LogP contribution in [0.1, 0.15) is 43.1 Å². The molecule has 2 aromatic rings. The third-order valence-corrected chi connectivity index (χ3v) is 5.52. The maximum Gasteiger partial charge on any atom is 0.407 e. The minimum Gasteiger partial charge on any atom is -0.450 e. The number of carbonyl (C=O) groups excluding carboxylic acids is 2. The summed E-state index contributed by atoms with van der Waals surface area (Å²) in [4.78, 5) is 24.2. The molecule has 0 aliphatic carbocycles. The number of amides is 2. The lowest BCUT2D eigenvalue weighted by atomic mass is 10.0. The van der Waals surface area contributed by atoms with Crippen molar-refractivity contribution in [3.8, 4) is 0 Å². The number of sulfonamides is 1. The van der Waals surface area contributed by atoms with E-state index in [9.17, 15) is 18.0 Å². The van der Waals surface area contributed by atoms with Crippen molar-refractivity contribution in [3.05, 3.63) is 71.1 Å². The fourth-order valence-corrected chi connectivity index (χ4v) is 3.91. The fourth-order valence-electron chi connectivity index (χ4n) is 3.04. The Morgan fingerprint density at radius 1 is 1.03 bits per heavy atom. The van der Waals surface area contributed by atoms with E-state index in [1.54, 1.807) is 19.1 Å². The van der Waals surface area contributed by atoms with Crippen LogP contribution < -0.4 is 15.4 Å². The van der Waals surface area contributed by atoms with Crippen LogP contribution >= 0.6 is 0 Å². The molecule has 0 aliphatic rings. The fraction of sp³-hybridized carbons (Fsp3) is 0.333. The molecule has 2 amide bonds. The van der Waals surface area contributed by atoms with E-state index in [-0.39, 0.29) is 25.1 Å². The number of hydrogen-bond acceptors (Lipinski definition) is 5. The molecule has 0 radical (unpaired) electrons. The molecule has 178 valence electrons. The van der Waals surface area contributed by atoms with Crippen LogP contribution in [-0.4, -0.2) is 39.6 Å². The zero-order valence-electron chi connectivity index (χ0n) is 19.1. The van der Waals surface area contributed by atoms with Crippen molar-refractivity contribution in [3.63, 3.8) is 0 Å². The van der Waals surface area contributed by atoms with Crippen LogP contribution in [0.4, 0.5) is 10.5 Å². The number of rotatable bonds is 11. The van der Waals surface area contributed by atoms with Gasteiger partial charge in [-0.25, -0.2) is 13.2 Å². The van der Waals surface area contributed by atoms with Gasteiger partial charge in [-0.2, -0.15) is 0 Å². The van der Waals surface area contributed by atoms with Crippen molar-refractivity contribution in [2.45, 2.75) is 33.2 Å². The Kier molecular flexibility index (Phi) is 9.93. The molecule has 2 rings (SSSR count). The molecule has 1 unspecified atom stereocenters. The van der Waals surface area contributed by atoms with Crippen molar-refractivity contribution in [2.75, 3.05) is 17.9 Å². The van der Waals surface area contributed by atoms with E-state index in [2.05, 4.69) is 15.4 Å². The van der Waals surface area contributed by atoms with E-state index in [1.807, 2.05) is 32.0 Å². The first-order chi connectivity index (χ1) is 15.7. The van der Waals surface area contributed by atoms with Gasteiger partial charge in [-0.05, 0) is 55.2 Å². The van der Waals surface area contributed by atoms with Crippen LogP contribution in [0.25, 0.3) is 6.08 Å². The van der Waals surface area contributed by atoms with Gasteiger partial charge < -0.3 is 15.4 Å². The summed E-state index contributed by atoms with van der Waals surface area (Å²) < 4.78 is 31.9. The van der Waals surface area contributed by atoms with Crippen molar-refractivity contribution in [2.24, 2.45) is 5.92 Å². The highest BCUT2D eigenvalue weighted by atomic mass is 32.2. The normalized spacial score (nSPS) is 12.4. The van der Waals surface area contributed by atoms with Gasteiger partial charge in [0.15, 0.2) is 0 Å². The molecule has 2 aromatic carbocycles. The third kappa shape index (κ3) is 9.78. The Balaban J connectivity index is 1.94. The van der Waals surface area contributed by atoms with Crippen molar-refractivity contribution in [1.82, 2.24) is 10.6 Å². The predicted octanol–water partition coefficient (Wildman–Crippen LogP) is 3.99. The summed E-state index contributed by atoms with van der Waals surface area (Å²) in [5.41, 5.74) is 1.48. The molecule has 0 aliphatic heterocycles. The van der Waals surface area contributed by atoms with Crippen molar-refractivity contribution >= 4 is 33.8 Å². The maximum absolute atomic E-state index is 12.5. The van der Waals surface area contributed by atoms with Crippen molar-refractivity contribution in [1.29, 1.82) is 0 Å². The zero-order valence-corrected chi connectivity index (χ0v) is 19.9. The molecule has 8 nitrogen and oxygen atoms in total. The van der Waals surface area contributed by atoms with Crippen LogP contribution in [-0.2, 0) is 14.8 Å². The van der Waals surface area contributed by atoms with E-state index >= 15 is 0 Å². The molecular weight excluding hydrogens is 442 g/mol. The lowest BCUT2D eigenvalue weighted by Gasteiger charge is -2.20. The van der Waals surface area contributed by atoms with Gasteiger partial charge in [0.05, 0.1) is 12.0 Å². The van der Waals surface area contributed by atoms with Crippen LogP contribution in [0.15, 0.2) is 60.0 Å². The molecule has 9 heteroatoms. The standard InChI is InChI=1S/C24H31N3O5S/c1-4-32-24(29)26-22(16-18(2)3)17-25-23(28)20-10-12-21(13-11-20)27-33(30,31)15-14-19-8-6-5-7-9-19/h5-15,18,22,27H,4,16-17H2,1-3H3,(H,25,28)(H,26,29)/b15-14+. The van der Waals surface area contributed by atoms with E-state index < -0.39 is 16.1 Å². The van der Waals surface area contributed by atoms with Gasteiger partial charge in [0, 0.05) is 23.8 Å². The topological polar surface area (TPSA) is 114 Å². The maximum atomic E-state index is 12.5. The van der Waals surface area contributed by atoms with Gasteiger partial charge >= 0.3 is 6.09 Å². The molecular formula is C24H31N3O5S. The van der Waals surface area contributed by atoms with Gasteiger partial charge in [0.2, 0.25) is 0 Å². The molecule has 1 atom stereocenters. The smallest absolute Gasteiger partial charge is 0.407 e. The van der Waals surface area contributed by atoms with E-state index in [4.69, 9.17) is 4.74 Å². The first-order valence-corrected chi connectivity index (χ1v) is 12.3. The van der Waals surface area contributed by atoms with Gasteiger partial charge in [-0.1, -0.05) is 44.2 Å². The molecule has 0 heterocycles. The average Bonchev–Trinajstić information content (AvgIpc) is 2.77. The lowest BCUT2D eigenvalue weighted by Crippen LogP contribution is -2.44. The largest absolute Gasteiger partial charge is 0.450 e. The number of nitrogens with one attached hydrogen (secondary N) is 3. The molecule has 0 saturated carbocycles. The quantitative estimate of drug-likeness (QED) is 0.457. The highest BCUT2D eigenvalue weighted by Gasteiger charge is 2.16. The minimum absolute atomic E-state index is 0.245. The SMILES string of the molecule is CCOC(=O)NC(CNC(=O)c1ccc(NS(=O)(=O)/C=C/c2ccccc2)cc1)CC(C)C. The summed E-state index contributed by atoms with van der Waals surface area (Å²) in [6, 6.07) is 14.9. The highest BCUT2D eigenvalue weighted by Crippen LogP contribution is 2.13. The van der Waals surface area contributed by atoms with Crippen LogP contribution in [0.2, 0.25) is 0 Å². The van der Waals surface area contributed by atoms with Crippen LogP contribution in [0, 0.1) is 5.92 Å². The monoisotopic (exact) mass is 473 g/mol. The second-order valence-electron chi connectivity index (χ2n) is 7.84. The van der Waals surface area contributed by atoms with Crippen molar-refractivity contribution < 1.29 is 22.7 Å². The molecule has 0 aromatic heterocycles. The van der Waals surface area contributed by atoms with Crippen LogP contribution in [0.3, 0.4) is 0 Å². The summed E-state index contributed by atoms with van der Waals surface area (Å²) >= 11 is 0. The summed E-state index contributed by atoms with van der Waals surface area (Å²) in [5.74, 6) is -0.00938. The first kappa shape index (κ1) is 25.9. The summed E-state index contributed by atoms with van der Waals surface area (Å²) in [7, 11) is -3.70. The van der Waals surface area contributed by atoms with E-state index in [0.717, 1.165) is 11.0 Å². The Bertz CT molecular complexity index is 1040. The number of anilines is 1. The van der Waals surface area contributed by atoms with E-state index in [0.29, 0.717) is 23.6 Å². The van der Waals surface area contributed by atoms with Gasteiger partial charge in [-0.15, -0.1) is 0 Å². The average molecular weight is 474 g/mol. The molecule has 0 spiro atoms. The molecule has 0 bridgehead atoms. The lowest BCUT2D eigenvalue weighted by molar-refractivity contribution is 0.0944. The van der Waals surface area contributed by atoms with Crippen LogP contribution in [0.5, 0.6) is 0 Å². The number of carbonyl (C=O) groups is 2. The number of hydrogen-bond donors (Lipinski definition) is 3. The summed E-state index contributed by atoms with van der Waals surface area (Å²) in [6.07, 6.45) is 1.66. The Morgan fingerprint density at radius 2 is 1.70 bits per heavy atom. The zero-order chi connectivity index (χ0) is 24.3. The number of benzene rings is 2. The molecule has 0 fully saturated rings. The summed E-state index contributed by atoms with van der Waals surface area (Å²) in [6.45, 7) is 6.29. The molecule has 33 heavy (non-hydrogen) atoms. The van der Waals surface area contributed by atoms with Gasteiger partial charge in [-0.3, -0.25) is 9.52 Å². The molecule has 3 N–H and O–H groups in total. The minimum atomic E-state index is -3.70. The second kappa shape index (κ2) is 12.6. The number of alkyl carbamates (subject to hydrolysis) is 1. The summed E-state index contributed by atoms with van der Waals surface area (Å²) in [5, 5.41) is 6.65. The first-order valence-electron chi connectivity index (χ1n) is 10.8. The van der Waals surface area contributed by atoms with Gasteiger partial charge in [0.25, 0.3) is 15.9 Å². The highest BCUT2D eigenvalue weighted by molar-refractivity contribution is 7.95. The Labute approximate surface area is 195 Å². The third-order valence-electron chi connectivity index (χ3n) is 4.51. The predicted molar refractivity (Wildman–Crippen MR) is 130 cm³/mol. The van der Waals surface area contributed by atoms with E-state index in [1.165, 1.54) is 30.3 Å². The Morgan fingerprint density at radius 3 is 2.30 bits per heavy atom. The Hall–Kier alpha value is -3.33. The second-order valence-corrected chi connectivity index (χ2v) is 9.41. The number of ether oxygens (including phenoxy) is 1. The van der Waals surface area contributed by atoms with Gasteiger partial charge in [0.1, 0.15) is 0 Å². The molecule has 0 saturated heterocycles.